The smallest absolute Gasteiger partial charge is 0.148 e. The van der Waals surface area contributed by atoms with Gasteiger partial charge < -0.3 is 4.74 Å². The minimum Gasteiger partial charge on any atom is -0.496 e. The third kappa shape index (κ3) is 1.97. The number of hydrogen-bond acceptors (Lipinski definition) is 3. The fourth-order valence-electron chi connectivity index (χ4n) is 1.28. The van der Waals surface area contributed by atoms with Crippen molar-refractivity contribution in [2.24, 2.45) is 5.90 Å². The number of rotatable bonds is 3. The molecule has 0 atom stereocenters. The van der Waals surface area contributed by atoms with Gasteiger partial charge in [0, 0.05) is 11.1 Å². The first-order chi connectivity index (χ1) is 6.61. The van der Waals surface area contributed by atoms with Gasteiger partial charge in [0.05, 0.1) is 18.7 Å². The van der Waals surface area contributed by atoms with E-state index in [2.05, 4.69) is 4.84 Å². The van der Waals surface area contributed by atoms with E-state index in [-0.39, 0.29) is 11.6 Å². The van der Waals surface area contributed by atoms with E-state index in [0.717, 1.165) is 0 Å². The average Bonchev–Trinajstić information content (AvgIpc) is 2.16. The molecule has 0 aliphatic rings. The van der Waals surface area contributed by atoms with E-state index in [1.807, 2.05) is 0 Å². The van der Waals surface area contributed by atoms with Crippen molar-refractivity contribution in [3.05, 3.63) is 28.0 Å². The molecular formula is C9H11ClFNO2. The summed E-state index contributed by atoms with van der Waals surface area (Å²) in [4.78, 5) is 4.46. The summed E-state index contributed by atoms with van der Waals surface area (Å²) in [6, 6.07) is 1.44. The molecule has 0 saturated carbocycles. The fraction of sp³-hybridized carbons (Fsp3) is 0.333. The molecule has 0 aliphatic carbocycles. The molecule has 0 aliphatic heterocycles. The standard InChI is InChI=1S/C9H11ClFNO2/c1-5-8(11)7(10)3-6(4-14-12)9(5)13-2/h3H,4,12H2,1-2H3. The predicted molar refractivity (Wildman–Crippen MR) is 51.7 cm³/mol. The molecule has 0 bridgehead atoms. The average molecular weight is 220 g/mol. The Bertz CT molecular complexity index is 344. The number of methoxy groups -OCH3 is 1. The van der Waals surface area contributed by atoms with Gasteiger partial charge in [-0.2, -0.15) is 0 Å². The first kappa shape index (κ1) is 11.2. The Labute approximate surface area is 86.5 Å². The van der Waals surface area contributed by atoms with Gasteiger partial charge in [-0.15, -0.1) is 0 Å². The van der Waals surface area contributed by atoms with Gasteiger partial charge in [-0.05, 0) is 13.0 Å². The zero-order valence-corrected chi connectivity index (χ0v) is 8.69. The molecule has 78 valence electrons. The zero-order valence-electron chi connectivity index (χ0n) is 7.93. The van der Waals surface area contributed by atoms with Crippen LogP contribution >= 0.6 is 11.6 Å². The van der Waals surface area contributed by atoms with Gasteiger partial charge in [0.15, 0.2) is 0 Å². The fourth-order valence-corrected chi connectivity index (χ4v) is 1.56. The quantitative estimate of drug-likeness (QED) is 0.793. The van der Waals surface area contributed by atoms with Crippen LogP contribution < -0.4 is 10.6 Å². The maximum absolute atomic E-state index is 13.3. The molecule has 0 fully saturated rings. The number of halogens is 2. The molecule has 0 radical (unpaired) electrons. The van der Waals surface area contributed by atoms with Crippen molar-refractivity contribution >= 4 is 11.6 Å². The lowest BCUT2D eigenvalue weighted by Crippen LogP contribution is -2.03. The van der Waals surface area contributed by atoms with Crippen LogP contribution in [-0.4, -0.2) is 7.11 Å². The molecule has 1 rings (SSSR count). The summed E-state index contributed by atoms with van der Waals surface area (Å²) in [5.41, 5.74) is 0.978. The molecule has 5 heteroatoms. The van der Waals surface area contributed by atoms with Crippen LogP contribution in [0.4, 0.5) is 4.39 Å². The van der Waals surface area contributed by atoms with Crippen LogP contribution in [0.25, 0.3) is 0 Å². The van der Waals surface area contributed by atoms with Gasteiger partial charge in [0.1, 0.15) is 11.6 Å². The largest absolute Gasteiger partial charge is 0.496 e. The predicted octanol–water partition coefficient (Wildman–Crippen LogP) is 2.19. The van der Waals surface area contributed by atoms with E-state index in [9.17, 15) is 4.39 Å². The van der Waals surface area contributed by atoms with E-state index < -0.39 is 5.82 Å². The third-order valence-electron chi connectivity index (χ3n) is 1.92. The van der Waals surface area contributed by atoms with E-state index in [4.69, 9.17) is 22.2 Å². The summed E-state index contributed by atoms with van der Waals surface area (Å²) in [6.45, 7) is 1.71. The molecule has 0 heterocycles. The van der Waals surface area contributed by atoms with Crippen LogP contribution in [0.2, 0.25) is 5.02 Å². The molecule has 0 amide bonds. The topological polar surface area (TPSA) is 44.5 Å². The SMILES string of the molecule is COc1c(CON)cc(Cl)c(F)c1C. The summed E-state index contributed by atoms with van der Waals surface area (Å²) >= 11 is 5.66. The van der Waals surface area contributed by atoms with Crippen LogP contribution in [0.5, 0.6) is 5.75 Å². The van der Waals surface area contributed by atoms with Crippen molar-refractivity contribution in [2.45, 2.75) is 13.5 Å². The molecule has 3 nitrogen and oxygen atoms in total. The van der Waals surface area contributed by atoms with Gasteiger partial charge >= 0.3 is 0 Å². The molecule has 0 unspecified atom stereocenters. The molecule has 14 heavy (non-hydrogen) atoms. The number of hydrogen-bond donors (Lipinski definition) is 1. The summed E-state index contributed by atoms with van der Waals surface area (Å²) in [5.74, 6) is 4.86. The first-order valence-corrected chi connectivity index (χ1v) is 4.32. The van der Waals surface area contributed by atoms with Crippen molar-refractivity contribution in [1.29, 1.82) is 0 Å². The second-order valence-corrected chi connectivity index (χ2v) is 3.21. The van der Waals surface area contributed by atoms with E-state index in [0.29, 0.717) is 16.9 Å². The van der Waals surface area contributed by atoms with Gasteiger partial charge in [-0.25, -0.2) is 10.3 Å². The van der Waals surface area contributed by atoms with E-state index in [1.54, 1.807) is 6.92 Å². The van der Waals surface area contributed by atoms with Gasteiger partial charge in [0.2, 0.25) is 0 Å². The summed E-state index contributed by atoms with van der Waals surface area (Å²) < 4.78 is 18.3. The van der Waals surface area contributed by atoms with Gasteiger partial charge in [-0.3, -0.25) is 4.84 Å². The molecule has 1 aromatic rings. The molecule has 0 saturated heterocycles. The Kier molecular flexibility index (Phi) is 3.69. The highest BCUT2D eigenvalue weighted by Crippen LogP contribution is 2.31. The lowest BCUT2D eigenvalue weighted by Gasteiger charge is -2.12. The highest BCUT2D eigenvalue weighted by atomic mass is 35.5. The number of benzene rings is 1. The summed E-state index contributed by atoms with van der Waals surface area (Å²) in [7, 11) is 1.45. The molecule has 1 aromatic carbocycles. The van der Waals surface area contributed by atoms with Crippen LogP contribution in [0.1, 0.15) is 11.1 Å². The first-order valence-electron chi connectivity index (χ1n) is 3.95. The molecular weight excluding hydrogens is 209 g/mol. The van der Waals surface area contributed by atoms with Crippen molar-refractivity contribution in [3.63, 3.8) is 0 Å². The Morgan fingerprint density at radius 1 is 1.57 bits per heavy atom. The summed E-state index contributed by atoms with van der Waals surface area (Å²) in [6.07, 6.45) is 0. The minimum absolute atomic E-state index is 0.0374. The zero-order chi connectivity index (χ0) is 10.7. The lowest BCUT2D eigenvalue weighted by atomic mass is 10.1. The number of nitrogens with two attached hydrogens (primary N) is 1. The van der Waals surface area contributed by atoms with Gasteiger partial charge in [0.25, 0.3) is 0 Å². The Balaban J connectivity index is 3.28. The van der Waals surface area contributed by atoms with Gasteiger partial charge in [-0.1, -0.05) is 11.6 Å². The third-order valence-corrected chi connectivity index (χ3v) is 2.19. The Morgan fingerprint density at radius 3 is 2.71 bits per heavy atom. The van der Waals surface area contributed by atoms with Crippen molar-refractivity contribution in [2.75, 3.05) is 7.11 Å². The highest BCUT2D eigenvalue weighted by Gasteiger charge is 2.14. The Morgan fingerprint density at radius 2 is 2.21 bits per heavy atom. The van der Waals surface area contributed by atoms with E-state index in [1.165, 1.54) is 13.2 Å². The van der Waals surface area contributed by atoms with Crippen LogP contribution in [0.3, 0.4) is 0 Å². The van der Waals surface area contributed by atoms with Crippen molar-refractivity contribution in [3.8, 4) is 5.75 Å². The Hall–Kier alpha value is -0.840. The normalized spacial score (nSPS) is 10.4. The van der Waals surface area contributed by atoms with Crippen molar-refractivity contribution in [1.82, 2.24) is 0 Å². The molecule has 2 N–H and O–H groups in total. The minimum atomic E-state index is -0.482. The molecule has 0 spiro atoms. The lowest BCUT2D eigenvalue weighted by molar-refractivity contribution is 0.122. The maximum atomic E-state index is 13.3. The highest BCUT2D eigenvalue weighted by molar-refractivity contribution is 6.30. The van der Waals surface area contributed by atoms with Crippen LogP contribution in [-0.2, 0) is 11.4 Å². The number of ether oxygens (including phenoxy) is 1. The summed E-state index contributed by atoms with van der Waals surface area (Å²) in [5, 5.41) is 0.0374. The maximum Gasteiger partial charge on any atom is 0.148 e. The molecule has 0 aromatic heterocycles. The monoisotopic (exact) mass is 219 g/mol. The van der Waals surface area contributed by atoms with Crippen LogP contribution in [0.15, 0.2) is 6.07 Å². The van der Waals surface area contributed by atoms with E-state index >= 15 is 0 Å². The van der Waals surface area contributed by atoms with Crippen molar-refractivity contribution < 1.29 is 14.0 Å². The second-order valence-electron chi connectivity index (χ2n) is 2.80. The van der Waals surface area contributed by atoms with Crippen LogP contribution in [0, 0.1) is 12.7 Å². The second kappa shape index (κ2) is 4.59.